The van der Waals surface area contributed by atoms with Crippen molar-refractivity contribution in [3.63, 3.8) is 0 Å². The van der Waals surface area contributed by atoms with Crippen LogP contribution in [0.5, 0.6) is 0 Å². The predicted octanol–water partition coefficient (Wildman–Crippen LogP) is 4.22. The molecule has 4 nitrogen and oxygen atoms in total. The molecule has 0 atom stereocenters. The maximum Gasteiger partial charge on any atom is 0.223 e. The molecule has 0 aromatic carbocycles. The first-order chi connectivity index (χ1) is 10.3. The summed E-state index contributed by atoms with van der Waals surface area (Å²) in [5, 5.41) is 4.58. The second kappa shape index (κ2) is 6.60. The Kier molecular flexibility index (Phi) is 4.58. The summed E-state index contributed by atoms with van der Waals surface area (Å²) in [6.45, 7) is 3.13. The lowest BCUT2D eigenvalue weighted by Crippen LogP contribution is -2.07. The molecule has 2 heterocycles. The van der Waals surface area contributed by atoms with E-state index in [1.165, 1.54) is 43.4 Å². The van der Waals surface area contributed by atoms with Crippen LogP contribution in [0.25, 0.3) is 10.2 Å². The van der Waals surface area contributed by atoms with Crippen molar-refractivity contribution < 1.29 is 0 Å². The van der Waals surface area contributed by atoms with Gasteiger partial charge in [0.2, 0.25) is 5.95 Å². The molecule has 0 spiro atoms. The second-order valence-corrected chi connectivity index (χ2v) is 7.05. The zero-order valence-corrected chi connectivity index (χ0v) is 13.5. The fourth-order valence-corrected chi connectivity index (χ4v) is 4.17. The third-order valence-corrected chi connectivity index (χ3v) is 5.54. The number of aryl methyl sites for hydroxylation is 1. The van der Waals surface area contributed by atoms with Crippen molar-refractivity contribution in [2.24, 2.45) is 5.92 Å². The number of nitrogen functional groups attached to an aromatic ring is 1. The minimum Gasteiger partial charge on any atom is -0.369 e. The maximum atomic E-state index is 5.82. The van der Waals surface area contributed by atoms with Crippen molar-refractivity contribution in [3.8, 4) is 0 Å². The number of rotatable bonds is 6. The van der Waals surface area contributed by atoms with E-state index in [9.17, 15) is 0 Å². The molecule has 2 aromatic rings. The van der Waals surface area contributed by atoms with Gasteiger partial charge in [0.15, 0.2) is 0 Å². The highest BCUT2D eigenvalue weighted by atomic mass is 32.1. The SMILES string of the molecule is CCc1cc2c(NCCCC3CCCC3)nc(N)nc2s1. The van der Waals surface area contributed by atoms with Crippen LogP contribution in [-0.4, -0.2) is 16.5 Å². The van der Waals surface area contributed by atoms with Crippen LogP contribution in [0, 0.1) is 5.92 Å². The number of nitrogens with zero attached hydrogens (tertiary/aromatic N) is 2. The number of nitrogens with one attached hydrogen (secondary N) is 1. The third kappa shape index (κ3) is 3.46. The molecular formula is C16H24N4S. The molecular weight excluding hydrogens is 280 g/mol. The normalized spacial score (nSPS) is 15.9. The lowest BCUT2D eigenvalue weighted by Gasteiger charge is -2.10. The highest BCUT2D eigenvalue weighted by molar-refractivity contribution is 7.18. The number of anilines is 2. The van der Waals surface area contributed by atoms with Crippen molar-refractivity contribution in [2.75, 3.05) is 17.6 Å². The molecule has 1 fully saturated rings. The Balaban J connectivity index is 1.63. The molecule has 3 N–H and O–H groups in total. The van der Waals surface area contributed by atoms with E-state index < -0.39 is 0 Å². The van der Waals surface area contributed by atoms with Gasteiger partial charge in [-0.3, -0.25) is 0 Å². The maximum absolute atomic E-state index is 5.82. The lowest BCUT2D eigenvalue weighted by atomic mass is 10.0. The van der Waals surface area contributed by atoms with Gasteiger partial charge in [-0.15, -0.1) is 11.3 Å². The Hall–Kier alpha value is -1.36. The van der Waals surface area contributed by atoms with Crippen LogP contribution in [0.15, 0.2) is 6.07 Å². The molecule has 1 aliphatic carbocycles. The van der Waals surface area contributed by atoms with Crippen LogP contribution < -0.4 is 11.1 Å². The van der Waals surface area contributed by atoms with Crippen molar-refractivity contribution in [2.45, 2.75) is 51.9 Å². The average Bonchev–Trinajstić information content (AvgIpc) is 3.11. The molecule has 2 aromatic heterocycles. The molecule has 114 valence electrons. The Morgan fingerprint density at radius 1 is 1.33 bits per heavy atom. The van der Waals surface area contributed by atoms with E-state index in [2.05, 4.69) is 28.3 Å². The van der Waals surface area contributed by atoms with E-state index in [0.717, 1.165) is 34.9 Å². The van der Waals surface area contributed by atoms with Crippen LogP contribution in [0.3, 0.4) is 0 Å². The first-order valence-electron chi connectivity index (χ1n) is 8.06. The number of aromatic nitrogens is 2. The number of hydrogen-bond donors (Lipinski definition) is 2. The van der Waals surface area contributed by atoms with E-state index >= 15 is 0 Å². The first-order valence-corrected chi connectivity index (χ1v) is 8.87. The van der Waals surface area contributed by atoms with Gasteiger partial charge in [0, 0.05) is 11.4 Å². The van der Waals surface area contributed by atoms with Crippen molar-refractivity contribution in [3.05, 3.63) is 10.9 Å². The molecule has 0 aliphatic heterocycles. The Morgan fingerprint density at radius 2 is 2.14 bits per heavy atom. The molecule has 0 saturated heterocycles. The van der Waals surface area contributed by atoms with Gasteiger partial charge in [0.25, 0.3) is 0 Å². The first kappa shape index (κ1) is 14.6. The summed E-state index contributed by atoms with van der Waals surface area (Å²) in [5.74, 6) is 2.22. The van der Waals surface area contributed by atoms with E-state index in [1.54, 1.807) is 11.3 Å². The smallest absolute Gasteiger partial charge is 0.223 e. The van der Waals surface area contributed by atoms with Crippen molar-refractivity contribution >= 4 is 33.3 Å². The Morgan fingerprint density at radius 3 is 2.90 bits per heavy atom. The molecule has 21 heavy (non-hydrogen) atoms. The van der Waals surface area contributed by atoms with Gasteiger partial charge in [0.1, 0.15) is 10.6 Å². The highest BCUT2D eigenvalue weighted by Crippen LogP contribution is 2.31. The quantitative estimate of drug-likeness (QED) is 0.784. The summed E-state index contributed by atoms with van der Waals surface area (Å²) < 4.78 is 0. The van der Waals surface area contributed by atoms with E-state index in [4.69, 9.17) is 5.73 Å². The molecule has 3 rings (SSSR count). The van der Waals surface area contributed by atoms with E-state index in [-0.39, 0.29) is 0 Å². The molecule has 1 saturated carbocycles. The van der Waals surface area contributed by atoms with Gasteiger partial charge in [-0.05, 0) is 31.2 Å². The van der Waals surface area contributed by atoms with E-state index in [1.807, 2.05) is 0 Å². The van der Waals surface area contributed by atoms with Crippen LogP contribution in [0.4, 0.5) is 11.8 Å². The zero-order valence-electron chi connectivity index (χ0n) is 12.7. The molecule has 0 unspecified atom stereocenters. The zero-order chi connectivity index (χ0) is 14.7. The average molecular weight is 304 g/mol. The topological polar surface area (TPSA) is 63.8 Å². The summed E-state index contributed by atoms with van der Waals surface area (Å²) in [7, 11) is 0. The molecule has 0 amide bonds. The fourth-order valence-electron chi connectivity index (χ4n) is 3.19. The van der Waals surface area contributed by atoms with Gasteiger partial charge >= 0.3 is 0 Å². The molecule has 1 aliphatic rings. The van der Waals surface area contributed by atoms with Crippen LogP contribution in [-0.2, 0) is 6.42 Å². The summed E-state index contributed by atoms with van der Waals surface area (Å²) >= 11 is 1.71. The molecule has 0 radical (unpaired) electrons. The monoisotopic (exact) mass is 304 g/mol. The summed E-state index contributed by atoms with van der Waals surface area (Å²) in [6, 6.07) is 2.19. The fraction of sp³-hybridized carbons (Fsp3) is 0.625. The Labute approximate surface area is 130 Å². The van der Waals surface area contributed by atoms with Gasteiger partial charge in [-0.25, -0.2) is 4.98 Å². The minimum atomic E-state index is 0.366. The summed E-state index contributed by atoms with van der Waals surface area (Å²) in [4.78, 5) is 11.1. The largest absolute Gasteiger partial charge is 0.369 e. The van der Waals surface area contributed by atoms with Crippen molar-refractivity contribution in [1.29, 1.82) is 0 Å². The minimum absolute atomic E-state index is 0.366. The van der Waals surface area contributed by atoms with Crippen LogP contribution in [0.1, 0.15) is 50.3 Å². The number of hydrogen-bond acceptors (Lipinski definition) is 5. The lowest BCUT2D eigenvalue weighted by molar-refractivity contribution is 0.491. The third-order valence-electron chi connectivity index (χ3n) is 4.37. The van der Waals surface area contributed by atoms with E-state index in [0.29, 0.717) is 5.95 Å². The van der Waals surface area contributed by atoms with Crippen molar-refractivity contribution in [1.82, 2.24) is 9.97 Å². The number of thiophene rings is 1. The second-order valence-electron chi connectivity index (χ2n) is 5.93. The Bertz CT molecular complexity index is 602. The van der Waals surface area contributed by atoms with Crippen LogP contribution in [0.2, 0.25) is 0 Å². The van der Waals surface area contributed by atoms with Gasteiger partial charge in [-0.2, -0.15) is 4.98 Å². The molecule has 5 heteroatoms. The number of nitrogens with two attached hydrogens (primary N) is 1. The van der Waals surface area contributed by atoms with Crippen LogP contribution >= 0.6 is 11.3 Å². The standard InChI is InChI=1S/C16H24N4S/c1-2-12-10-13-14(19-16(17)20-15(13)21-12)18-9-5-8-11-6-3-4-7-11/h10-11H,2-9H2,1H3,(H3,17,18,19,20). The molecule has 0 bridgehead atoms. The highest BCUT2D eigenvalue weighted by Gasteiger charge is 2.14. The summed E-state index contributed by atoms with van der Waals surface area (Å²) in [6.07, 6.45) is 9.28. The van der Waals surface area contributed by atoms with Gasteiger partial charge < -0.3 is 11.1 Å². The van der Waals surface area contributed by atoms with Gasteiger partial charge in [0.05, 0.1) is 5.39 Å². The predicted molar refractivity (Wildman–Crippen MR) is 90.9 cm³/mol. The summed E-state index contributed by atoms with van der Waals surface area (Å²) in [5.41, 5.74) is 5.82. The van der Waals surface area contributed by atoms with Gasteiger partial charge in [-0.1, -0.05) is 32.6 Å². The number of fused-ring (bicyclic) bond motifs is 1.